The van der Waals surface area contributed by atoms with Gasteiger partial charge in [-0.15, -0.1) is 0 Å². The van der Waals surface area contributed by atoms with Crippen molar-refractivity contribution < 1.29 is 23.6 Å². The second kappa shape index (κ2) is 5.49. The zero-order valence-electron chi connectivity index (χ0n) is 10.3. The molecule has 8 heteroatoms. The van der Waals surface area contributed by atoms with Crippen molar-refractivity contribution in [3.05, 3.63) is 39.4 Å². The van der Waals surface area contributed by atoms with Gasteiger partial charge in [-0.2, -0.15) is 4.39 Å². The number of nitro groups is 1. The van der Waals surface area contributed by atoms with Crippen molar-refractivity contribution in [1.29, 1.82) is 0 Å². The van der Waals surface area contributed by atoms with E-state index in [0.29, 0.717) is 12.1 Å². The summed E-state index contributed by atoms with van der Waals surface area (Å²) in [6.45, 7) is -0.148. The molecule has 1 aliphatic rings. The number of halogens is 2. The molecule has 2 N–H and O–H groups in total. The lowest BCUT2D eigenvalue weighted by Crippen LogP contribution is -2.34. The van der Waals surface area contributed by atoms with Crippen LogP contribution >= 0.6 is 0 Å². The summed E-state index contributed by atoms with van der Waals surface area (Å²) in [4.78, 5) is 21.2. The number of amides is 1. The minimum absolute atomic E-state index is 0.0927. The van der Waals surface area contributed by atoms with Crippen LogP contribution in [0.1, 0.15) is 23.2 Å². The van der Waals surface area contributed by atoms with Gasteiger partial charge in [-0.1, -0.05) is 0 Å². The Hall–Kier alpha value is -2.09. The molecule has 0 spiro atoms. The number of carbonyl (C=O) groups is 1. The number of hydrogen-bond acceptors (Lipinski definition) is 4. The lowest BCUT2D eigenvalue weighted by Gasteiger charge is -2.11. The average Bonchev–Trinajstić information content (AvgIpc) is 3.19. The molecule has 2 rings (SSSR count). The Bertz CT molecular complexity index is 561. The van der Waals surface area contributed by atoms with E-state index in [1.54, 1.807) is 0 Å². The molecule has 1 aromatic carbocycles. The zero-order valence-corrected chi connectivity index (χ0v) is 10.3. The van der Waals surface area contributed by atoms with Gasteiger partial charge >= 0.3 is 5.69 Å². The van der Waals surface area contributed by atoms with Crippen molar-refractivity contribution in [3.8, 4) is 0 Å². The Kier molecular flexibility index (Phi) is 3.93. The smallest absolute Gasteiger partial charge is 0.305 e. The van der Waals surface area contributed by atoms with Gasteiger partial charge in [-0.3, -0.25) is 14.9 Å². The Labute approximate surface area is 112 Å². The molecule has 1 aromatic rings. The molecular formula is C12H12F2N2O4. The van der Waals surface area contributed by atoms with Crippen LogP contribution in [0.25, 0.3) is 0 Å². The summed E-state index contributed by atoms with van der Waals surface area (Å²) < 4.78 is 27.2. The van der Waals surface area contributed by atoms with Crippen molar-refractivity contribution >= 4 is 11.6 Å². The molecule has 0 aromatic heterocycles. The highest BCUT2D eigenvalue weighted by Crippen LogP contribution is 2.32. The van der Waals surface area contributed by atoms with E-state index in [4.69, 9.17) is 0 Å². The third-order valence-electron chi connectivity index (χ3n) is 3.13. The molecule has 108 valence electrons. The molecule has 1 fully saturated rings. The van der Waals surface area contributed by atoms with Crippen LogP contribution in [-0.4, -0.2) is 28.6 Å². The number of hydrogen-bond donors (Lipinski definition) is 2. The summed E-state index contributed by atoms with van der Waals surface area (Å²) in [6, 6.07) is 1.31. The molecule has 1 saturated carbocycles. The second-order valence-corrected chi connectivity index (χ2v) is 4.63. The summed E-state index contributed by atoms with van der Waals surface area (Å²) in [5.41, 5.74) is -1.98. The van der Waals surface area contributed by atoms with E-state index in [1.807, 2.05) is 0 Å². The number of nitrogens with one attached hydrogen (secondary N) is 1. The molecule has 0 bridgehead atoms. The fraction of sp³-hybridized carbons (Fsp3) is 0.417. The van der Waals surface area contributed by atoms with Gasteiger partial charge in [0, 0.05) is 12.6 Å². The molecule has 1 amide bonds. The minimum Gasteiger partial charge on any atom is -0.391 e. The first-order valence-electron chi connectivity index (χ1n) is 6.00. The summed E-state index contributed by atoms with van der Waals surface area (Å²) in [5.74, 6) is -3.74. The van der Waals surface area contributed by atoms with Gasteiger partial charge in [-0.25, -0.2) is 4.39 Å². The van der Waals surface area contributed by atoms with E-state index in [-0.39, 0.29) is 12.5 Å². The monoisotopic (exact) mass is 286 g/mol. The number of carbonyl (C=O) groups excluding carboxylic acids is 1. The highest BCUT2D eigenvalue weighted by molar-refractivity contribution is 5.95. The topological polar surface area (TPSA) is 92.5 Å². The van der Waals surface area contributed by atoms with Gasteiger partial charge in [0.1, 0.15) is 11.4 Å². The van der Waals surface area contributed by atoms with E-state index in [0.717, 1.165) is 12.8 Å². The molecular weight excluding hydrogens is 274 g/mol. The van der Waals surface area contributed by atoms with Crippen LogP contribution in [0.2, 0.25) is 0 Å². The number of nitro benzene ring substituents is 1. The van der Waals surface area contributed by atoms with E-state index in [9.17, 15) is 28.8 Å². The third-order valence-corrected chi connectivity index (χ3v) is 3.13. The van der Waals surface area contributed by atoms with Gasteiger partial charge in [-0.05, 0) is 24.8 Å². The van der Waals surface area contributed by atoms with Crippen LogP contribution in [0.5, 0.6) is 0 Å². The van der Waals surface area contributed by atoms with Crippen LogP contribution in [0.4, 0.5) is 14.5 Å². The predicted octanol–water partition coefficient (Wildman–Crippen LogP) is 1.37. The van der Waals surface area contributed by atoms with Crippen molar-refractivity contribution in [2.75, 3.05) is 6.54 Å². The lowest BCUT2D eigenvalue weighted by atomic mass is 10.1. The maximum atomic E-state index is 13.7. The zero-order chi connectivity index (χ0) is 14.9. The van der Waals surface area contributed by atoms with Crippen LogP contribution in [0.3, 0.4) is 0 Å². The van der Waals surface area contributed by atoms with Crippen molar-refractivity contribution in [2.45, 2.75) is 18.9 Å². The van der Waals surface area contributed by atoms with Gasteiger partial charge in [0.05, 0.1) is 11.0 Å². The number of aliphatic hydroxyl groups is 1. The van der Waals surface area contributed by atoms with E-state index in [1.165, 1.54) is 0 Å². The largest absolute Gasteiger partial charge is 0.391 e. The molecule has 0 aliphatic heterocycles. The highest BCUT2D eigenvalue weighted by atomic mass is 19.1. The molecule has 20 heavy (non-hydrogen) atoms. The molecule has 0 saturated heterocycles. The SMILES string of the molecule is O=C(NCC(O)C1CC1)c1c(F)ccc([N+](=O)[O-])c1F. The Morgan fingerprint density at radius 3 is 2.70 bits per heavy atom. The first kappa shape index (κ1) is 14.3. The third kappa shape index (κ3) is 2.90. The van der Waals surface area contributed by atoms with Crippen LogP contribution in [-0.2, 0) is 0 Å². The van der Waals surface area contributed by atoms with Crippen molar-refractivity contribution in [1.82, 2.24) is 5.32 Å². The average molecular weight is 286 g/mol. The summed E-state index contributed by atoms with van der Waals surface area (Å²) in [5, 5.41) is 22.3. The highest BCUT2D eigenvalue weighted by Gasteiger charge is 2.31. The summed E-state index contributed by atoms with van der Waals surface area (Å²) in [7, 11) is 0. The van der Waals surface area contributed by atoms with Crippen LogP contribution in [0, 0.1) is 27.7 Å². The first-order valence-corrected chi connectivity index (χ1v) is 6.00. The molecule has 1 aliphatic carbocycles. The van der Waals surface area contributed by atoms with E-state index < -0.39 is 39.8 Å². The number of rotatable bonds is 5. The normalized spacial score (nSPS) is 15.8. The van der Waals surface area contributed by atoms with Gasteiger partial charge in [0.25, 0.3) is 5.91 Å². The lowest BCUT2D eigenvalue weighted by molar-refractivity contribution is -0.387. The number of benzene rings is 1. The maximum absolute atomic E-state index is 13.7. The van der Waals surface area contributed by atoms with E-state index >= 15 is 0 Å². The minimum atomic E-state index is -1.52. The Morgan fingerprint density at radius 1 is 1.50 bits per heavy atom. The standard InChI is InChI=1S/C12H12F2N2O4/c13-7-3-4-8(16(19)20)11(14)10(7)12(18)15-5-9(17)6-1-2-6/h3-4,6,9,17H,1-2,5H2,(H,15,18). The number of aliphatic hydroxyl groups excluding tert-OH is 1. The summed E-state index contributed by atoms with van der Waals surface area (Å²) in [6.07, 6.45) is 0.913. The fourth-order valence-electron chi connectivity index (χ4n) is 1.82. The van der Waals surface area contributed by atoms with Crippen LogP contribution < -0.4 is 5.32 Å². The van der Waals surface area contributed by atoms with E-state index in [2.05, 4.69) is 5.32 Å². The second-order valence-electron chi connectivity index (χ2n) is 4.63. The van der Waals surface area contributed by atoms with Crippen molar-refractivity contribution in [2.24, 2.45) is 5.92 Å². The fourth-order valence-corrected chi connectivity index (χ4v) is 1.82. The predicted molar refractivity (Wildman–Crippen MR) is 64.1 cm³/mol. The molecule has 0 radical (unpaired) electrons. The number of nitrogens with zero attached hydrogens (tertiary/aromatic N) is 1. The van der Waals surface area contributed by atoms with Gasteiger partial charge in [0.15, 0.2) is 0 Å². The summed E-state index contributed by atoms with van der Waals surface area (Å²) >= 11 is 0. The van der Waals surface area contributed by atoms with Crippen molar-refractivity contribution in [3.63, 3.8) is 0 Å². The van der Waals surface area contributed by atoms with Crippen LogP contribution in [0.15, 0.2) is 12.1 Å². The van der Waals surface area contributed by atoms with Gasteiger partial charge < -0.3 is 10.4 Å². The maximum Gasteiger partial charge on any atom is 0.305 e. The first-order chi connectivity index (χ1) is 9.41. The quantitative estimate of drug-likeness (QED) is 0.631. The molecule has 1 unspecified atom stereocenters. The Balaban J connectivity index is 2.15. The Morgan fingerprint density at radius 2 is 2.15 bits per heavy atom. The van der Waals surface area contributed by atoms with Gasteiger partial charge in [0.2, 0.25) is 5.82 Å². The molecule has 0 heterocycles. The molecule has 6 nitrogen and oxygen atoms in total. The molecule has 1 atom stereocenters.